The Morgan fingerprint density at radius 2 is 1.89 bits per heavy atom. The number of anilines is 1. The summed E-state index contributed by atoms with van der Waals surface area (Å²) in [5.41, 5.74) is 0.892. The molecule has 2 unspecified atom stereocenters. The van der Waals surface area contributed by atoms with Crippen molar-refractivity contribution in [2.75, 3.05) is 18.5 Å². The molecule has 0 bridgehead atoms. The van der Waals surface area contributed by atoms with E-state index >= 15 is 0 Å². The molecule has 0 spiro atoms. The van der Waals surface area contributed by atoms with E-state index in [2.05, 4.69) is 15.3 Å². The molecule has 5 heteroatoms. The first kappa shape index (κ1) is 14.5. The minimum absolute atomic E-state index is 0.287. The Morgan fingerprint density at radius 1 is 1.21 bits per heavy atom. The third kappa shape index (κ3) is 3.57. The molecule has 1 aromatic heterocycles. The molecule has 4 nitrogen and oxygen atoms in total. The van der Waals surface area contributed by atoms with E-state index in [1.54, 1.807) is 0 Å². The molecule has 1 aromatic rings. The standard InChI is InChI=1S/C14H22ClN3O/c1-9-13(15)17-10(2)18-14(9)16-7-11-5-3-4-6-12(11)8-19/h11-12,19H,3-8H2,1-2H3,(H,16,17,18). The predicted octanol–water partition coefficient (Wildman–Crippen LogP) is 2.96. The van der Waals surface area contributed by atoms with Gasteiger partial charge < -0.3 is 10.4 Å². The van der Waals surface area contributed by atoms with Crippen LogP contribution in [0.1, 0.15) is 37.1 Å². The molecule has 0 saturated heterocycles. The fourth-order valence-electron chi connectivity index (χ4n) is 2.79. The van der Waals surface area contributed by atoms with Gasteiger partial charge in [0, 0.05) is 18.7 Å². The van der Waals surface area contributed by atoms with Crippen LogP contribution in [0, 0.1) is 25.7 Å². The summed E-state index contributed by atoms with van der Waals surface area (Å²) in [5, 5.41) is 13.3. The third-order valence-corrected chi connectivity index (χ3v) is 4.40. The van der Waals surface area contributed by atoms with Crippen molar-refractivity contribution in [2.45, 2.75) is 39.5 Å². The molecule has 1 aliphatic rings. The van der Waals surface area contributed by atoms with Crippen molar-refractivity contribution in [1.82, 2.24) is 9.97 Å². The van der Waals surface area contributed by atoms with Gasteiger partial charge in [-0.25, -0.2) is 9.97 Å². The first-order valence-electron chi connectivity index (χ1n) is 6.97. The van der Waals surface area contributed by atoms with Crippen LogP contribution in [0.2, 0.25) is 5.15 Å². The fraction of sp³-hybridized carbons (Fsp3) is 0.714. The number of aromatic nitrogens is 2. The van der Waals surface area contributed by atoms with Crippen LogP contribution in [0.4, 0.5) is 5.82 Å². The number of hydrogen-bond donors (Lipinski definition) is 2. The van der Waals surface area contributed by atoms with Crippen LogP contribution in [-0.4, -0.2) is 28.2 Å². The van der Waals surface area contributed by atoms with Crippen molar-refractivity contribution in [3.05, 3.63) is 16.5 Å². The average molecular weight is 284 g/mol. The molecule has 106 valence electrons. The third-order valence-electron chi connectivity index (χ3n) is 4.03. The van der Waals surface area contributed by atoms with Crippen molar-refractivity contribution in [3.8, 4) is 0 Å². The van der Waals surface area contributed by atoms with E-state index in [0.29, 0.717) is 22.8 Å². The maximum absolute atomic E-state index is 9.43. The molecule has 1 aliphatic carbocycles. The number of nitrogens with one attached hydrogen (secondary N) is 1. The van der Waals surface area contributed by atoms with Gasteiger partial charge in [0.1, 0.15) is 16.8 Å². The van der Waals surface area contributed by atoms with Crippen molar-refractivity contribution in [2.24, 2.45) is 11.8 Å². The summed E-state index contributed by atoms with van der Waals surface area (Å²) in [6.45, 7) is 4.90. The Labute approximate surface area is 119 Å². The minimum atomic E-state index is 0.287. The lowest BCUT2D eigenvalue weighted by Crippen LogP contribution is -2.29. The summed E-state index contributed by atoms with van der Waals surface area (Å²) in [4.78, 5) is 8.53. The zero-order chi connectivity index (χ0) is 13.8. The number of rotatable bonds is 4. The van der Waals surface area contributed by atoms with Crippen LogP contribution in [0.3, 0.4) is 0 Å². The molecule has 1 heterocycles. The van der Waals surface area contributed by atoms with Gasteiger partial charge in [0.15, 0.2) is 0 Å². The second-order valence-corrected chi connectivity index (χ2v) is 5.76. The highest BCUT2D eigenvalue weighted by molar-refractivity contribution is 6.30. The Kier molecular flexibility index (Phi) is 4.99. The molecule has 2 atom stereocenters. The van der Waals surface area contributed by atoms with Crippen LogP contribution < -0.4 is 5.32 Å². The van der Waals surface area contributed by atoms with Crippen molar-refractivity contribution in [1.29, 1.82) is 0 Å². The van der Waals surface area contributed by atoms with Gasteiger partial charge in [0.25, 0.3) is 0 Å². The second kappa shape index (κ2) is 6.53. The lowest BCUT2D eigenvalue weighted by atomic mass is 9.79. The second-order valence-electron chi connectivity index (χ2n) is 5.40. The Bertz CT molecular complexity index is 439. The summed E-state index contributed by atoms with van der Waals surface area (Å²) in [6, 6.07) is 0. The van der Waals surface area contributed by atoms with E-state index in [4.69, 9.17) is 11.6 Å². The van der Waals surface area contributed by atoms with Crippen molar-refractivity contribution < 1.29 is 5.11 Å². The van der Waals surface area contributed by atoms with Crippen molar-refractivity contribution in [3.63, 3.8) is 0 Å². The van der Waals surface area contributed by atoms with Crippen LogP contribution in [0.25, 0.3) is 0 Å². The van der Waals surface area contributed by atoms with Gasteiger partial charge >= 0.3 is 0 Å². The van der Waals surface area contributed by atoms with Gasteiger partial charge in [-0.2, -0.15) is 0 Å². The summed E-state index contributed by atoms with van der Waals surface area (Å²) in [6.07, 6.45) is 4.80. The van der Waals surface area contributed by atoms with Crippen LogP contribution in [-0.2, 0) is 0 Å². The molecule has 0 aliphatic heterocycles. The zero-order valence-corrected chi connectivity index (χ0v) is 12.4. The quantitative estimate of drug-likeness (QED) is 0.834. The predicted molar refractivity (Wildman–Crippen MR) is 77.5 cm³/mol. The molecule has 1 fully saturated rings. The number of hydrogen-bond acceptors (Lipinski definition) is 4. The van der Waals surface area contributed by atoms with Crippen molar-refractivity contribution >= 4 is 17.4 Å². The fourth-order valence-corrected chi connectivity index (χ4v) is 3.00. The highest BCUT2D eigenvalue weighted by Crippen LogP contribution is 2.30. The van der Waals surface area contributed by atoms with Crippen LogP contribution in [0.5, 0.6) is 0 Å². The number of nitrogens with zero attached hydrogens (tertiary/aromatic N) is 2. The average Bonchev–Trinajstić information content (AvgIpc) is 2.41. The van der Waals surface area contributed by atoms with Gasteiger partial charge in [-0.15, -0.1) is 0 Å². The normalized spacial score (nSPS) is 23.4. The maximum atomic E-state index is 9.43. The molecule has 2 rings (SSSR count). The molecule has 1 saturated carbocycles. The minimum Gasteiger partial charge on any atom is -0.396 e. The molecular weight excluding hydrogens is 262 g/mol. The number of aliphatic hydroxyl groups is 1. The molecule has 19 heavy (non-hydrogen) atoms. The Hall–Kier alpha value is -0.870. The smallest absolute Gasteiger partial charge is 0.137 e. The van der Waals surface area contributed by atoms with E-state index in [1.807, 2.05) is 13.8 Å². The maximum Gasteiger partial charge on any atom is 0.137 e. The van der Waals surface area contributed by atoms with Crippen LogP contribution >= 0.6 is 11.6 Å². The topological polar surface area (TPSA) is 58.0 Å². The molecule has 0 radical (unpaired) electrons. The van der Waals surface area contributed by atoms with E-state index < -0.39 is 0 Å². The summed E-state index contributed by atoms with van der Waals surface area (Å²) in [7, 11) is 0. The van der Waals surface area contributed by atoms with E-state index in [9.17, 15) is 5.11 Å². The molecule has 2 N–H and O–H groups in total. The monoisotopic (exact) mass is 283 g/mol. The number of aliphatic hydroxyl groups excluding tert-OH is 1. The summed E-state index contributed by atoms with van der Waals surface area (Å²) < 4.78 is 0. The Morgan fingerprint density at radius 3 is 2.58 bits per heavy atom. The highest BCUT2D eigenvalue weighted by atomic mass is 35.5. The largest absolute Gasteiger partial charge is 0.396 e. The summed E-state index contributed by atoms with van der Waals surface area (Å²) >= 11 is 6.07. The molecule has 0 amide bonds. The van der Waals surface area contributed by atoms with Crippen LogP contribution in [0.15, 0.2) is 0 Å². The van der Waals surface area contributed by atoms with Gasteiger partial charge in [-0.3, -0.25) is 0 Å². The molecular formula is C14H22ClN3O. The van der Waals surface area contributed by atoms with Gasteiger partial charge in [-0.05, 0) is 38.5 Å². The SMILES string of the molecule is Cc1nc(Cl)c(C)c(NCC2CCCCC2CO)n1. The first-order valence-corrected chi connectivity index (χ1v) is 7.35. The van der Waals surface area contributed by atoms with E-state index in [0.717, 1.165) is 24.3 Å². The van der Waals surface area contributed by atoms with Gasteiger partial charge in [0.05, 0.1) is 0 Å². The van der Waals surface area contributed by atoms with Gasteiger partial charge in [-0.1, -0.05) is 24.4 Å². The van der Waals surface area contributed by atoms with E-state index in [-0.39, 0.29) is 6.61 Å². The first-order chi connectivity index (χ1) is 9.11. The highest BCUT2D eigenvalue weighted by Gasteiger charge is 2.24. The van der Waals surface area contributed by atoms with Gasteiger partial charge in [0.2, 0.25) is 0 Å². The lowest BCUT2D eigenvalue weighted by molar-refractivity contribution is 0.141. The summed E-state index contributed by atoms with van der Waals surface area (Å²) in [5.74, 6) is 2.44. The van der Waals surface area contributed by atoms with E-state index in [1.165, 1.54) is 19.3 Å². The zero-order valence-electron chi connectivity index (χ0n) is 11.6. The molecule has 0 aromatic carbocycles. The lowest BCUT2D eigenvalue weighted by Gasteiger charge is -2.30. The Balaban J connectivity index is 2.01. The number of aryl methyl sites for hydroxylation is 1. The number of halogens is 1.